The first-order valence-corrected chi connectivity index (χ1v) is 9.36. The number of carbonyl (C=O) groups excluding carboxylic acids is 2. The maximum absolute atomic E-state index is 12.2. The molecular weight excluding hydrogens is 328 g/mol. The molecule has 0 radical (unpaired) electrons. The molecule has 0 fully saturated rings. The summed E-state index contributed by atoms with van der Waals surface area (Å²) in [6.45, 7) is 0. The van der Waals surface area contributed by atoms with Gasteiger partial charge in [0, 0.05) is 9.77 Å². The van der Waals surface area contributed by atoms with E-state index in [0.717, 1.165) is 17.7 Å². The molecule has 1 aliphatic carbocycles. The number of hydrogen-bond donors (Lipinski definition) is 2. The molecule has 0 spiro atoms. The largest absolute Gasteiger partial charge is 0.279 e. The molecule has 2 heterocycles. The van der Waals surface area contributed by atoms with E-state index in [4.69, 9.17) is 0 Å². The normalized spacial score (nSPS) is 18.3. The summed E-state index contributed by atoms with van der Waals surface area (Å²) in [5.74, 6) is -0.373. The van der Waals surface area contributed by atoms with Gasteiger partial charge in [0.05, 0.1) is 10.1 Å². The molecule has 2 N–H and O–H groups in total. The summed E-state index contributed by atoms with van der Waals surface area (Å²) in [5.41, 5.74) is 7.60. The van der Waals surface area contributed by atoms with Gasteiger partial charge >= 0.3 is 0 Å². The molecular formula is C17H16N2O2S2. The van der Waals surface area contributed by atoms with Crippen LogP contribution in [0.4, 0.5) is 0 Å². The average Bonchev–Trinajstić information content (AvgIpc) is 3.24. The number of hydrazine groups is 1. The molecule has 6 heteroatoms. The molecule has 1 aliphatic heterocycles. The number of aryl methyl sites for hydroxylation is 2. The van der Waals surface area contributed by atoms with E-state index in [0.29, 0.717) is 11.3 Å². The first-order chi connectivity index (χ1) is 11.2. The maximum atomic E-state index is 12.2. The summed E-state index contributed by atoms with van der Waals surface area (Å²) in [4.78, 5) is 27.5. The van der Waals surface area contributed by atoms with E-state index in [-0.39, 0.29) is 17.1 Å². The number of thiophene rings is 1. The zero-order chi connectivity index (χ0) is 15.8. The van der Waals surface area contributed by atoms with Crippen molar-refractivity contribution >= 4 is 34.9 Å². The van der Waals surface area contributed by atoms with E-state index in [1.165, 1.54) is 33.8 Å². The average molecular weight is 344 g/mol. The second-order valence-electron chi connectivity index (χ2n) is 5.77. The summed E-state index contributed by atoms with van der Waals surface area (Å²) < 4.78 is 0. The predicted octanol–water partition coefficient (Wildman–Crippen LogP) is 2.71. The summed E-state index contributed by atoms with van der Waals surface area (Å²) in [7, 11) is 0. The van der Waals surface area contributed by atoms with Crippen molar-refractivity contribution in [2.24, 2.45) is 0 Å². The Morgan fingerprint density at radius 2 is 1.96 bits per heavy atom. The summed E-state index contributed by atoms with van der Waals surface area (Å²) in [5, 5.41) is -0.180. The molecule has 4 rings (SSSR count). The Morgan fingerprint density at radius 1 is 1.09 bits per heavy atom. The van der Waals surface area contributed by atoms with Crippen LogP contribution in [0.3, 0.4) is 0 Å². The van der Waals surface area contributed by atoms with Gasteiger partial charge < -0.3 is 0 Å². The second-order valence-corrected chi connectivity index (χ2v) is 8.16. The summed E-state index contributed by atoms with van der Waals surface area (Å²) in [6.07, 6.45) is 4.01. The smallest absolute Gasteiger partial charge is 0.272 e. The van der Waals surface area contributed by atoms with Gasteiger partial charge in [0.25, 0.3) is 11.8 Å². The van der Waals surface area contributed by atoms with Gasteiger partial charge in [0.1, 0.15) is 0 Å². The van der Waals surface area contributed by atoms with Crippen molar-refractivity contribution in [3.05, 3.63) is 51.2 Å². The van der Waals surface area contributed by atoms with Gasteiger partial charge in [-0.15, -0.1) is 23.1 Å². The minimum atomic E-state index is -0.224. The monoisotopic (exact) mass is 344 g/mol. The lowest BCUT2D eigenvalue weighted by Crippen LogP contribution is -2.45. The molecule has 23 heavy (non-hydrogen) atoms. The van der Waals surface area contributed by atoms with Crippen LogP contribution in [0.1, 0.15) is 32.1 Å². The van der Waals surface area contributed by atoms with Gasteiger partial charge in [0.15, 0.2) is 0 Å². The highest BCUT2D eigenvalue weighted by molar-refractivity contribution is 8.01. The van der Waals surface area contributed by atoms with Gasteiger partial charge in [-0.2, -0.15) is 0 Å². The van der Waals surface area contributed by atoms with Crippen molar-refractivity contribution in [3.8, 4) is 0 Å². The van der Waals surface area contributed by atoms with Crippen molar-refractivity contribution in [1.82, 2.24) is 10.9 Å². The summed E-state index contributed by atoms with van der Waals surface area (Å²) >= 11 is 3.09. The van der Waals surface area contributed by atoms with Gasteiger partial charge in [-0.3, -0.25) is 20.4 Å². The molecule has 1 atom stereocenters. The van der Waals surface area contributed by atoms with E-state index in [1.807, 2.05) is 30.3 Å². The molecule has 2 aliphatic rings. The fourth-order valence-electron chi connectivity index (χ4n) is 3.03. The SMILES string of the molecule is O=C(NNC(=O)[C@H]1Cc2ccccc2S1)c1cc2c(s1)CCC2. The standard InChI is InChI=1S/C17H16N2O2S2/c20-16(14-8-10-4-1-2-6-12(10)22-14)18-19-17(21)15-9-11-5-3-7-13(11)23-15/h1-2,4,6,9,14H,3,5,7-8H2,(H,18,20)(H,19,21)/t14-/m1/s1. The first-order valence-electron chi connectivity index (χ1n) is 7.67. The highest BCUT2D eigenvalue weighted by Gasteiger charge is 2.28. The highest BCUT2D eigenvalue weighted by atomic mass is 32.2. The number of amides is 2. The minimum absolute atomic E-state index is 0.149. The van der Waals surface area contributed by atoms with Crippen LogP contribution >= 0.6 is 23.1 Å². The lowest BCUT2D eigenvalue weighted by atomic mass is 10.1. The van der Waals surface area contributed by atoms with Gasteiger partial charge in [-0.25, -0.2) is 0 Å². The minimum Gasteiger partial charge on any atom is -0.272 e. The quantitative estimate of drug-likeness (QED) is 0.824. The van der Waals surface area contributed by atoms with Crippen LogP contribution < -0.4 is 10.9 Å². The number of hydrogen-bond acceptors (Lipinski definition) is 4. The Hall–Kier alpha value is -1.79. The molecule has 2 amide bonds. The van der Waals surface area contributed by atoms with Crippen LogP contribution in [0.5, 0.6) is 0 Å². The third-order valence-corrected chi connectivity index (χ3v) is 6.76. The third-order valence-electron chi connectivity index (χ3n) is 4.21. The van der Waals surface area contributed by atoms with E-state index in [2.05, 4.69) is 10.9 Å². The van der Waals surface area contributed by atoms with Gasteiger partial charge in [-0.1, -0.05) is 18.2 Å². The third kappa shape index (κ3) is 2.88. The molecule has 118 valence electrons. The Bertz CT molecular complexity index is 738. The fraction of sp³-hybridized carbons (Fsp3) is 0.294. The lowest BCUT2D eigenvalue weighted by Gasteiger charge is -2.10. The van der Waals surface area contributed by atoms with Crippen LogP contribution in [0.2, 0.25) is 0 Å². The molecule has 2 aromatic rings. The van der Waals surface area contributed by atoms with Crippen molar-refractivity contribution in [3.63, 3.8) is 0 Å². The first kappa shape index (κ1) is 14.8. The van der Waals surface area contributed by atoms with E-state index in [9.17, 15) is 9.59 Å². The highest BCUT2D eigenvalue weighted by Crippen LogP contribution is 2.36. The Morgan fingerprint density at radius 3 is 2.78 bits per heavy atom. The van der Waals surface area contributed by atoms with Crippen LogP contribution in [-0.2, 0) is 24.1 Å². The van der Waals surface area contributed by atoms with Gasteiger partial charge in [-0.05, 0) is 48.9 Å². The number of thioether (sulfide) groups is 1. The molecule has 0 bridgehead atoms. The molecule has 4 nitrogen and oxygen atoms in total. The Kier molecular flexibility index (Phi) is 3.87. The number of carbonyl (C=O) groups is 2. The van der Waals surface area contributed by atoms with Crippen molar-refractivity contribution < 1.29 is 9.59 Å². The van der Waals surface area contributed by atoms with Crippen molar-refractivity contribution in [2.45, 2.75) is 35.8 Å². The van der Waals surface area contributed by atoms with E-state index >= 15 is 0 Å². The topological polar surface area (TPSA) is 58.2 Å². The van der Waals surface area contributed by atoms with Crippen molar-refractivity contribution in [1.29, 1.82) is 0 Å². The van der Waals surface area contributed by atoms with Crippen LogP contribution in [0.25, 0.3) is 0 Å². The van der Waals surface area contributed by atoms with Gasteiger partial charge in [0.2, 0.25) is 0 Å². The lowest BCUT2D eigenvalue weighted by molar-refractivity contribution is -0.121. The number of benzene rings is 1. The summed E-state index contributed by atoms with van der Waals surface area (Å²) in [6, 6.07) is 9.98. The molecule has 0 saturated carbocycles. The molecule has 1 aromatic heterocycles. The number of nitrogens with one attached hydrogen (secondary N) is 2. The van der Waals surface area contributed by atoms with Crippen LogP contribution in [-0.4, -0.2) is 17.1 Å². The number of rotatable bonds is 2. The zero-order valence-electron chi connectivity index (χ0n) is 12.4. The molecule has 0 unspecified atom stereocenters. The van der Waals surface area contributed by atoms with Crippen LogP contribution in [0, 0.1) is 0 Å². The zero-order valence-corrected chi connectivity index (χ0v) is 14.1. The van der Waals surface area contributed by atoms with Crippen LogP contribution in [0.15, 0.2) is 35.2 Å². The second kappa shape index (κ2) is 6.02. The Balaban J connectivity index is 1.34. The van der Waals surface area contributed by atoms with Crippen molar-refractivity contribution in [2.75, 3.05) is 0 Å². The Labute approximate surface area is 142 Å². The van der Waals surface area contributed by atoms with E-state index in [1.54, 1.807) is 11.8 Å². The number of fused-ring (bicyclic) bond motifs is 2. The maximum Gasteiger partial charge on any atom is 0.279 e. The molecule has 0 saturated heterocycles. The predicted molar refractivity (Wildman–Crippen MR) is 91.7 cm³/mol. The van der Waals surface area contributed by atoms with E-state index < -0.39 is 0 Å². The fourth-order valence-corrected chi connectivity index (χ4v) is 5.37. The molecule has 1 aromatic carbocycles.